The number of carbonyl (C=O) groups excluding carboxylic acids is 1. The van der Waals surface area contributed by atoms with Crippen molar-refractivity contribution < 1.29 is 22.8 Å². The Bertz CT molecular complexity index is 966. The third-order valence-electron chi connectivity index (χ3n) is 5.14. The standard InChI is InChI=1S/C21H27N3O4S/c1-16-4-6-17(7-5-16)14-21(25)22-19-15-18(8-9-20(19)28-3)29(26,27)24-12-10-23(2)11-13-24/h4-9,15H,10-14H2,1-3H3,(H,22,25)/p+1. The van der Waals surface area contributed by atoms with Gasteiger partial charge in [0, 0.05) is 0 Å². The van der Waals surface area contributed by atoms with Crippen LogP contribution in [0.1, 0.15) is 11.1 Å². The van der Waals surface area contributed by atoms with Gasteiger partial charge >= 0.3 is 0 Å². The Morgan fingerprint density at radius 1 is 1.14 bits per heavy atom. The summed E-state index contributed by atoms with van der Waals surface area (Å²) in [5.74, 6) is 0.189. The lowest BCUT2D eigenvalue weighted by Crippen LogP contribution is -3.12. The highest BCUT2D eigenvalue weighted by molar-refractivity contribution is 7.89. The molecule has 1 amide bonds. The summed E-state index contributed by atoms with van der Waals surface area (Å²) in [5, 5.41) is 2.80. The van der Waals surface area contributed by atoms with Crippen molar-refractivity contribution in [3.05, 3.63) is 53.6 Å². The van der Waals surface area contributed by atoms with Gasteiger partial charge in [-0.1, -0.05) is 29.8 Å². The molecule has 1 aliphatic rings. The molecule has 0 aliphatic carbocycles. The molecule has 0 unspecified atom stereocenters. The highest BCUT2D eigenvalue weighted by Gasteiger charge is 2.29. The van der Waals surface area contributed by atoms with Crippen molar-refractivity contribution >= 4 is 21.6 Å². The number of aryl methyl sites for hydroxylation is 1. The number of amides is 1. The van der Waals surface area contributed by atoms with Crippen molar-refractivity contribution in [2.75, 3.05) is 45.7 Å². The number of nitrogens with one attached hydrogen (secondary N) is 2. The molecule has 0 spiro atoms. The predicted molar refractivity (Wildman–Crippen MR) is 112 cm³/mol. The molecule has 0 atom stereocenters. The van der Waals surface area contributed by atoms with E-state index in [4.69, 9.17) is 4.74 Å². The first-order valence-corrected chi connectivity index (χ1v) is 11.1. The summed E-state index contributed by atoms with van der Waals surface area (Å²) >= 11 is 0. The maximum atomic E-state index is 13.0. The monoisotopic (exact) mass is 418 g/mol. The van der Waals surface area contributed by atoms with Gasteiger partial charge in [-0.05, 0) is 30.7 Å². The van der Waals surface area contributed by atoms with Crippen LogP contribution in [0.15, 0.2) is 47.4 Å². The van der Waals surface area contributed by atoms with E-state index in [0.29, 0.717) is 24.5 Å². The zero-order valence-corrected chi connectivity index (χ0v) is 17.9. The lowest BCUT2D eigenvalue weighted by atomic mass is 10.1. The molecule has 0 saturated carbocycles. The molecule has 29 heavy (non-hydrogen) atoms. The minimum Gasteiger partial charge on any atom is -0.495 e. The van der Waals surface area contributed by atoms with Gasteiger partial charge in [-0.2, -0.15) is 4.31 Å². The molecule has 8 heteroatoms. The zero-order valence-electron chi connectivity index (χ0n) is 17.1. The van der Waals surface area contributed by atoms with E-state index in [-0.39, 0.29) is 17.2 Å². The molecule has 2 N–H and O–H groups in total. The zero-order chi connectivity index (χ0) is 21.0. The summed E-state index contributed by atoms with van der Waals surface area (Å²) in [5.41, 5.74) is 2.36. The van der Waals surface area contributed by atoms with Gasteiger partial charge in [0.2, 0.25) is 15.9 Å². The first-order valence-electron chi connectivity index (χ1n) is 9.64. The Labute approximate surface area is 172 Å². The van der Waals surface area contributed by atoms with Crippen LogP contribution < -0.4 is 15.0 Å². The van der Waals surface area contributed by atoms with Crippen LogP contribution in [0.5, 0.6) is 5.75 Å². The van der Waals surface area contributed by atoms with E-state index >= 15 is 0 Å². The Kier molecular flexibility index (Phi) is 6.56. The molecular formula is C21H28N3O4S+. The lowest BCUT2D eigenvalue weighted by molar-refractivity contribution is -0.883. The second-order valence-electron chi connectivity index (χ2n) is 7.43. The van der Waals surface area contributed by atoms with Gasteiger partial charge in [-0.3, -0.25) is 4.79 Å². The number of sulfonamides is 1. The second-order valence-corrected chi connectivity index (χ2v) is 9.37. The molecule has 1 saturated heterocycles. The quantitative estimate of drug-likeness (QED) is 0.724. The fourth-order valence-electron chi connectivity index (χ4n) is 3.29. The summed E-state index contributed by atoms with van der Waals surface area (Å²) in [6.07, 6.45) is 0.196. The van der Waals surface area contributed by atoms with Crippen LogP contribution in [-0.2, 0) is 21.2 Å². The van der Waals surface area contributed by atoms with E-state index in [1.807, 2.05) is 31.2 Å². The summed E-state index contributed by atoms with van der Waals surface area (Å²) in [6, 6.07) is 12.3. The third kappa shape index (κ3) is 5.14. The number of hydrogen-bond acceptors (Lipinski definition) is 4. The number of quaternary nitrogens is 1. The number of nitrogens with zero attached hydrogens (tertiary/aromatic N) is 1. The number of rotatable bonds is 6. The van der Waals surface area contributed by atoms with Crippen molar-refractivity contribution in [1.29, 1.82) is 0 Å². The first-order chi connectivity index (χ1) is 13.8. The van der Waals surface area contributed by atoms with Crippen molar-refractivity contribution in [3.63, 3.8) is 0 Å². The molecule has 0 radical (unpaired) electrons. The summed E-state index contributed by atoms with van der Waals surface area (Å²) < 4.78 is 32.8. The predicted octanol–water partition coefficient (Wildman–Crippen LogP) is 0.704. The Balaban J connectivity index is 1.79. The van der Waals surface area contributed by atoms with Crippen LogP contribution >= 0.6 is 0 Å². The molecule has 3 rings (SSSR count). The molecule has 2 aromatic carbocycles. The van der Waals surface area contributed by atoms with Gasteiger partial charge in [-0.15, -0.1) is 0 Å². The van der Waals surface area contributed by atoms with Crippen molar-refractivity contribution in [2.24, 2.45) is 0 Å². The highest BCUT2D eigenvalue weighted by atomic mass is 32.2. The van der Waals surface area contributed by atoms with Gasteiger partial charge in [0.05, 0.1) is 57.3 Å². The fourth-order valence-corrected chi connectivity index (χ4v) is 4.76. The molecule has 7 nitrogen and oxygen atoms in total. The molecule has 156 valence electrons. The number of anilines is 1. The van der Waals surface area contributed by atoms with Crippen LogP contribution in [0.2, 0.25) is 0 Å². The lowest BCUT2D eigenvalue weighted by Gasteiger charge is -2.29. The fraction of sp³-hybridized carbons (Fsp3) is 0.381. The number of piperazine rings is 1. The van der Waals surface area contributed by atoms with E-state index < -0.39 is 10.0 Å². The highest BCUT2D eigenvalue weighted by Crippen LogP contribution is 2.29. The van der Waals surface area contributed by atoms with E-state index in [1.165, 1.54) is 28.4 Å². The minimum atomic E-state index is -3.62. The normalized spacial score (nSPS) is 15.8. The van der Waals surface area contributed by atoms with Crippen LogP contribution in [0.25, 0.3) is 0 Å². The number of hydrogen-bond donors (Lipinski definition) is 2. The summed E-state index contributed by atoms with van der Waals surface area (Å²) in [7, 11) is -0.0762. The molecule has 1 fully saturated rings. The SMILES string of the molecule is COc1ccc(S(=O)(=O)N2CC[NH+](C)CC2)cc1NC(=O)Cc1ccc(C)cc1. The summed E-state index contributed by atoms with van der Waals surface area (Å²) in [6.45, 7) is 4.50. The van der Waals surface area contributed by atoms with E-state index in [0.717, 1.165) is 24.2 Å². The summed E-state index contributed by atoms with van der Waals surface area (Å²) in [4.78, 5) is 14.0. The van der Waals surface area contributed by atoms with E-state index in [1.54, 1.807) is 6.07 Å². The number of ether oxygens (including phenoxy) is 1. The number of benzene rings is 2. The third-order valence-corrected chi connectivity index (χ3v) is 7.04. The largest absolute Gasteiger partial charge is 0.495 e. The second kappa shape index (κ2) is 8.94. The number of methoxy groups -OCH3 is 1. The Morgan fingerprint density at radius 3 is 2.41 bits per heavy atom. The first kappa shape index (κ1) is 21.3. The Hall–Kier alpha value is -2.42. The van der Waals surface area contributed by atoms with Gasteiger partial charge in [0.15, 0.2) is 0 Å². The minimum absolute atomic E-state index is 0.156. The van der Waals surface area contributed by atoms with E-state index in [2.05, 4.69) is 12.4 Å². The van der Waals surface area contributed by atoms with Gasteiger partial charge < -0.3 is 15.0 Å². The average molecular weight is 419 g/mol. The van der Waals surface area contributed by atoms with Crippen LogP contribution in [-0.4, -0.2) is 59.0 Å². The molecule has 1 heterocycles. The van der Waals surface area contributed by atoms with Crippen LogP contribution in [0.3, 0.4) is 0 Å². The number of likely N-dealkylation sites (N-methyl/N-ethyl adjacent to an activating group) is 1. The number of carbonyl (C=O) groups is 1. The van der Waals surface area contributed by atoms with Crippen molar-refractivity contribution in [2.45, 2.75) is 18.2 Å². The van der Waals surface area contributed by atoms with Crippen molar-refractivity contribution in [3.8, 4) is 5.75 Å². The van der Waals surface area contributed by atoms with Crippen LogP contribution in [0, 0.1) is 6.92 Å². The molecular weight excluding hydrogens is 390 g/mol. The molecule has 1 aliphatic heterocycles. The molecule has 0 aromatic heterocycles. The van der Waals surface area contributed by atoms with Crippen molar-refractivity contribution in [1.82, 2.24) is 4.31 Å². The van der Waals surface area contributed by atoms with Gasteiger partial charge in [0.25, 0.3) is 0 Å². The van der Waals surface area contributed by atoms with Gasteiger partial charge in [0.1, 0.15) is 5.75 Å². The average Bonchev–Trinajstić information content (AvgIpc) is 2.70. The Morgan fingerprint density at radius 2 is 1.79 bits per heavy atom. The molecule has 2 aromatic rings. The smallest absolute Gasteiger partial charge is 0.243 e. The molecule has 0 bridgehead atoms. The van der Waals surface area contributed by atoms with Gasteiger partial charge in [-0.25, -0.2) is 8.42 Å². The maximum Gasteiger partial charge on any atom is 0.243 e. The van der Waals surface area contributed by atoms with E-state index in [9.17, 15) is 13.2 Å². The van der Waals surface area contributed by atoms with Crippen LogP contribution in [0.4, 0.5) is 5.69 Å². The topological polar surface area (TPSA) is 80.2 Å². The maximum absolute atomic E-state index is 13.0.